The van der Waals surface area contributed by atoms with Gasteiger partial charge < -0.3 is 9.47 Å². The van der Waals surface area contributed by atoms with Gasteiger partial charge in [-0.2, -0.15) is 12.7 Å². The van der Waals surface area contributed by atoms with Gasteiger partial charge in [-0.25, -0.2) is 5.14 Å². The molecular formula is C10H20N2O5S. The molecule has 0 aliphatic carbocycles. The first-order valence-electron chi connectivity index (χ1n) is 5.80. The van der Waals surface area contributed by atoms with Gasteiger partial charge in [-0.15, -0.1) is 0 Å². The Bertz CT molecular complexity index is 393. The molecule has 2 N–H and O–H groups in total. The number of carbonyl (C=O) groups is 1. The average Bonchev–Trinajstić information content (AvgIpc) is 2.29. The molecule has 0 amide bonds. The van der Waals surface area contributed by atoms with Crippen molar-refractivity contribution in [3.63, 3.8) is 0 Å². The van der Waals surface area contributed by atoms with E-state index in [1.54, 1.807) is 6.92 Å². The van der Waals surface area contributed by atoms with Gasteiger partial charge in [-0.1, -0.05) is 0 Å². The SMILES string of the molecule is CCOC(=O)C1(COC)CCCN(S(N)(=O)=O)C1. The van der Waals surface area contributed by atoms with Crippen LogP contribution in [0.5, 0.6) is 0 Å². The Morgan fingerprint density at radius 2 is 2.17 bits per heavy atom. The van der Waals surface area contributed by atoms with Crippen molar-refractivity contribution in [2.45, 2.75) is 19.8 Å². The van der Waals surface area contributed by atoms with Crippen LogP contribution in [0.15, 0.2) is 0 Å². The minimum absolute atomic E-state index is 0.0124. The Morgan fingerprint density at radius 3 is 2.67 bits per heavy atom. The van der Waals surface area contributed by atoms with Gasteiger partial charge in [0.15, 0.2) is 0 Å². The molecule has 0 saturated carbocycles. The second-order valence-electron chi connectivity index (χ2n) is 4.42. The van der Waals surface area contributed by atoms with Crippen molar-refractivity contribution in [2.24, 2.45) is 10.6 Å². The first kappa shape index (κ1) is 15.4. The molecule has 8 heteroatoms. The highest BCUT2D eigenvalue weighted by atomic mass is 32.2. The summed E-state index contributed by atoms with van der Waals surface area (Å²) < 4.78 is 33.9. The van der Waals surface area contributed by atoms with Gasteiger partial charge in [0.2, 0.25) is 0 Å². The number of rotatable bonds is 5. The van der Waals surface area contributed by atoms with Crippen LogP contribution in [0.2, 0.25) is 0 Å². The van der Waals surface area contributed by atoms with Crippen molar-refractivity contribution >= 4 is 16.2 Å². The van der Waals surface area contributed by atoms with Crippen LogP contribution in [0, 0.1) is 5.41 Å². The van der Waals surface area contributed by atoms with Crippen LogP contribution in [-0.4, -0.2) is 52.1 Å². The highest BCUT2D eigenvalue weighted by Crippen LogP contribution is 2.32. The minimum atomic E-state index is -3.79. The van der Waals surface area contributed by atoms with Crippen molar-refractivity contribution in [3.05, 3.63) is 0 Å². The summed E-state index contributed by atoms with van der Waals surface area (Å²) in [6.45, 7) is 2.42. The van der Waals surface area contributed by atoms with Gasteiger partial charge in [0.1, 0.15) is 5.41 Å². The molecule has 7 nitrogen and oxygen atoms in total. The fourth-order valence-corrected chi connectivity index (χ4v) is 3.02. The van der Waals surface area contributed by atoms with Gasteiger partial charge in [-0.05, 0) is 19.8 Å². The lowest BCUT2D eigenvalue weighted by Gasteiger charge is -2.38. The van der Waals surface area contributed by atoms with Gasteiger partial charge in [-0.3, -0.25) is 4.79 Å². The second kappa shape index (κ2) is 5.96. The van der Waals surface area contributed by atoms with E-state index in [4.69, 9.17) is 14.6 Å². The molecule has 1 unspecified atom stereocenters. The highest BCUT2D eigenvalue weighted by Gasteiger charge is 2.45. The lowest BCUT2D eigenvalue weighted by Crippen LogP contribution is -2.54. The minimum Gasteiger partial charge on any atom is -0.465 e. The Kier molecular flexibility index (Phi) is 5.09. The van der Waals surface area contributed by atoms with Crippen molar-refractivity contribution in [3.8, 4) is 0 Å². The van der Waals surface area contributed by atoms with Crippen LogP contribution in [0.3, 0.4) is 0 Å². The van der Waals surface area contributed by atoms with E-state index in [9.17, 15) is 13.2 Å². The summed E-state index contributed by atoms with van der Waals surface area (Å²) in [5.41, 5.74) is -0.949. The van der Waals surface area contributed by atoms with E-state index >= 15 is 0 Å². The van der Waals surface area contributed by atoms with Gasteiger partial charge >= 0.3 is 5.97 Å². The van der Waals surface area contributed by atoms with Crippen molar-refractivity contribution < 1.29 is 22.7 Å². The molecule has 1 atom stereocenters. The van der Waals surface area contributed by atoms with Crippen LogP contribution in [0.25, 0.3) is 0 Å². The summed E-state index contributed by atoms with van der Waals surface area (Å²) >= 11 is 0. The largest absolute Gasteiger partial charge is 0.465 e. The smallest absolute Gasteiger partial charge is 0.315 e. The zero-order valence-corrected chi connectivity index (χ0v) is 11.5. The number of nitrogens with zero attached hydrogens (tertiary/aromatic N) is 1. The maximum atomic E-state index is 12.0. The summed E-state index contributed by atoms with van der Waals surface area (Å²) in [5, 5.41) is 5.11. The molecule has 18 heavy (non-hydrogen) atoms. The molecule has 0 spiro atoms. The molecule has 0 radical (unpaired) electrons. The molecule has 106 valence electrons. The highest BCUT2D eigenvalue weighted by molar-refractivity contribution is 7.86. The van der Waals surface area contributed by atoms with Crippen LogP contribution in [0.4, 0.5) is 0 Å². The zero-order chi connectivity index (χ0) is 13.8. The van der Waals surface area contributed by atoms with E-state index < -0.39 is 21.6 Å². The normalized spacial score (nSPS) is 25.9. The third-order valence-electron chi connectivity index (χ3n) is 3.03. The third kappa shape index (κ3) is 3.41. The number of hydrogen-bond acceptors (Lipinski definition) is 5. The number of piperidine rings is 1. The van der Waals surface area contributed by atoms with Gasteiger partial charge in [0, 0.05) is 20.2 Å². The van der Waals surface area contributed by atoms with E-state index in [1.807, 2.05) is 0 Å². The average molecular weight is 280 g/mol. The number of hydrogen-bond donors (Lipinski definition) is 1. The molecule has 0 aromatic rings. The molecule has 1 heterocycles. The Morgan fingerprint density at radius 1 is 1.50 bits per heavy atom. The topological polar surface area (TPSA) is 98.9 Å². The van der Waals surface area contributed by atoms with E-state index in [1.165, 1.54) is 7.11 Å². The number of esters is 1. The molecular weight excluding hydrogens is 260 g/mol. The standard InChI is InChI=1S/C10H20N2O5S/c1-3-17-9(13)10(8-16-2)5-4-6-12(7-10)18(11,14)15/h3-8H2,1-2H3,(H2,11,14,15). The Hall–Kier alpha value is -0.700. The van der Waals surface area contributed by atoms with Crippen LogP contribution < -0.4 is 5.14 Å². The number of nitrogens with two attached hydrogens (primary N) is 1. The van der Waals surface area contributed by atoms with Crippen LogP contribution in [0.1, 0.15) is 19.8 Å². The fourth-order valence-electron chi connectivity index (χ4n) is 2.21. The van der Waals surface area contributed by atoms with Crippen molar-refractivity contribution in [2.75, 3.05) is 33.4 Å². The van der Waals surface area contributed by atoms with Crippen molar-refractivity contribution in [1.29, 1.82) is 0 Å². The molecule has 1 aliphatic heterocycles. The predicted molar refractivity (Wildman–Crippen MR) is 64.9 cm³/mol. The molecule has 0 aromatic heterocycles. The maximum Gasteiger partial charge on any atom is 0.315 e. The predicted octanol–water partition coefficient (Wildman–Crippen LogP) is -0.518. The molecule has 1 aliphatic rings. The summed E-state index contributed by atoms with van der Waals surface area (Å²) in [6.07, 6.45) is 1.09. The molecule has 0 bridgehead atoms. The lowest BCUT2D eigenvalue weighted by molar-refractivity contribution is -0.161. The molecule has 1 fully saturated rings. The molecule has 1 rings (SSSR count). The van der Waals surface area contributed by atoms with E-state index in [-0.39, 0.29) is 19.8 Å². The Balaban J connectivity index is 2.93. The number of carbonyl (C=O) groups excluding carboxylic acids is 1. The maximum absolute atomic E-state index is 12.0. The number of ether oxygens (including phenoxy) is 2. The number of methoxy groups -OCH3 is 1. The molecule has 0 aromatic carbocycles. The summed E-state index contributed by atoms with van der Waals surface area (Å²) in [6, 6.07) is 0. The van der Waals surface area contributed by atoms with E-state index in [0.717, 1.165) is 4.31 Å². The van der Waals surface area contributed by atoms with E-state index in [2.05, 4.69) is 0 Å². The summed E-state index contributed by atoms with van der Waals surface area (Å²) in [7, 11) is -2.32. The molecule has 1 saturated heterocycles. The van der Waals surface area contributed by atoms with Gasteiger partial charge in [0.05, 0.1) is 13.2 Å². The second-order valence-corrected chi connectivity index (χ2v) is 5.96. The van der Waals surface area contributed by atoms with Crippen LogP contribution in [-0.2, 0) is 24.5 Å². The Labute approximate surface area is 107 Å². The zero-order valence-electron chi connectivity index (χ0n) is 10.7. The lowest BCUT2D eigenvalue weighted by atomic mass is 9.81. The fraction of sp³-hybridized carbons (Fsp3) is 0.900. The van der Waals surface area contributed by atoms with E-state index in [0.29, 0.717) is 19.4 Å². The quantitative estimate of drug-likeness (QED) is 0.683. The third-order valence-corrected chi connectivity index (χ3v) is 4.06. The van der Waals surface area contributed by atoms with Crippen LogP contribution >= 0.6 is 0 Å². The first-order chi connectivity index (χ1) is 8.35. The first-order valence-corrected chi connectivity index (χ1v) is 7.30. The summed E-state index contributed by atoms with van der Waals surface area (Å²) in [4.78, 5) is 12.0. The van der Waals surface area contributed by atoms with Gasteiger partial charge in [0.25, 0.3) is 10.2 Å². The summed E-state index contributed by atoms with van der Waals surface area (Å²) in [5.74, 6) is -0.430. The van der Waals surface area contributed by atoms with Crippen molar-refractivity contribution in [1.82, 2.24) is 4.31 Å². The monoisotopic (exact) mass is 280 g/mol.